The van der Waals surface area contributed by atoms with Crippen molar-refractivity contribution >= 4 is 35.1 Å². The Bertz CT molecular complexity index is 2080. The lowest BCUT2D eigenvalue weighted by molar-refractivity contribution is 0.0524. The zero-order chi connectivity index (χ0) is 37.4. The molecule has 3 aromatic carbocycles. The van der Waals surface area contributed by atoms with E-state index < -0.39 is 0 Å². The van der Waals surface area contributed by atoms with E-state index in [9.17, 15) is 9.59 Å². The molecule has 53 heavy (non-hydrogen) atoms. The molecular weight excluding hydrogens is 661 g/mol. The highest BCUT2D eigenvalue weighted by molar-refractivity contribution is 5.99. The summed E-state index contributed by atoms with van der Waals surface area (Å²) in [4.78, 5) is 40.4. The van der Waals surface area contributed by atoms with Gasteiger partial charge in [-0.3, -0.25) is 10.1 Å². The van der Waals surface area contributed by atoms with Gasteiger partial charge in [0.05, 0.1) is 11.4 Å². The van der Waals surface area contributed by atoms with Crippen LogP contribution in [0.2, 0.25) is 0 Å². The van der Waals surface area contributed by atoms with E-state index in [1.165, 1.54) is 5.56 Å². The molecule has 2 fully saturated rings. The highest BCUT2D eigenvalue weighted by Crippen LogP contribution is 2.41. The summed E-state index contributed by atoms with van der Waals surface area (Å²) in [5.74, 6) is 1.83. The van der Waals surface area contributed by atoms with E-state index in [0.29, 0.717) is 23.2 Å². The molecule has 0 spiro atoms. The number of rotatable bonds is 8. The predicted molar refractivity (Wildman–Crippen MR) is 212 cm³/mol. The number of nitrogens with zero attached hydrogens (tertiary/aromatic N) is 6. The van der Waals surface area contributed by atoms with Gasteiger partial charge in [0.15, 0.2) is 0 Å². The van der Waals surface area contributed by atoms with E-state index in [1.807, 2.05) is 106 Å². The number of nitrogens with one attached hydrogen (secondary N) is 2. The smallest absolute Gasteiger partial charge is 0.324 e. The Morgan fingerprint density at radius 2 is 1.49 bits per heavy atom. The second-order valence-corrected chi connectivity index (χ2v) is 15.9. The molecule has 274 valence electrons. The third kappa shape index (κ3) is 7.96. The molecule has 10 nitrogen and oxygen atoms in total. The number of carbonyl (C=O) groups is 2. The normalized spacial score (nSPS) is 18.2. The van der Waals surface area contributed by atoms with Crippen LogP contribution in [0.1, 0.15) is 85.0 Å². The van der Waals surface area contributed by atoms with E-state index in [2.05, 4.69) is 58.4 Å². The van der Waals surface area contributed by atoms with Gasteiger partial charge in [-0.05, 0) is 119 Å². The molecule has 4 heterocycles. The van der Waals surface area contributed by atoms with Crippen LogP contribution in [0.25, 0.3) is 5.69 Å². The predicted octanol–water partition coefficient (Wildman–Crippen LogP) is 8.92. The van der Waals surface area contributed by atoms with Gasteiger partial charge in [-0.1, -0.05) is 50.6 Å². The summed E-state index contributed by atoms with van der Waals surface area (Å²) in [6, 6.07) is 28.1. The second-order valence-electron chi connectivity index (χ2n) is 15.9. The van der Waals surface area contributed by atoms with Crippen LogP contribution < -0.4 is 15.5 Å². The highest BCUT2D eigenvalue weighted by Gasteiger charge is 2.43. The van der Waals surface area contributed by atoms with Crippen molar-refractivity contribution in [3.05, 3.63) is 119 Å². The molecule has 2 bridgehead atoms. The number of urea groups is 1. The average Bonchev–Trinajstić information content (AvgIpc) is 3.65. The lowest BCUT2D eigenvalue weighted by atomic mass is 9.85. The van der Waals surface area contributed by atoms with Crippen molar-refractivity contribution in [2.24, 2.45) is 5.92 Å². The number of aryl methyl sites for hydroxylation is 3. The average molecular weight is 711 g/mol. The van der Waals surface area contributed by atoms with Crippen LogP contribution in [0, 0.1) is 26.7 Å². The van der Waals surface area contributed by atoms with Crippen LogP contribution in [-0.4, -0.2) is 55.7 Å². The Labute approximate surface area is 312 Å². The molecule has 2 aliphatic heterocycles. The fourth-order valence-electron chi connectivity index (χ4n) is 7.84. The van der Waals surface area contributed by atoms with E-state index >= 15 is 0 Å². The fraction of sp³-hybridized carbons (Fsp3) is 0.372. The van der Waals surface area contributed by atoms with Crippen molar-refractivity contribution in [2.45, 2.75) is 91.1 Å². The molecule has 2 atom stereocenters. The van der Waals surface area contributed by atoms with Crippen LogP contribution in [0.3, 0.4) is 0 Å². The molecule has 0 radical (unpaired) electrons. The minimum Gasteiger partial charge on any atom is -0.333 e. The molecule has 2 unspecified atom stereocenters. The van der Waals surface area contributed by atoms with E-state index in [0.717, 1.165) is 71.8 Å². The summed E-state index contributed by atoms with van der Waals surface area (Å²) in [6.07, 6.45) is 4.93. The molecule has 7 rings (SSSR count). The molecule has 2 N–H and O–H groups in total. The Kier molecular flexibility index (Phi) is 9.81. The van der Waals surface area contributed by atoms with Crippen molar-refractivity contribution in [2.75, 3.05) is 22.6 Å². The Morgan fingerprint density at radius 3 is 2.13 bits per heavy atom. The Balaban J connectivity index is 0.973. The number of fused-ring (bicyclic) bond motifs is 2. The number of aromatic nitrogens is 4. The minimum absolute atomic E-state index is 0.114. The van der Waals surface area contributed by atoms with Crippen LogP contribution in [0.15, 0.2) is 84.9 Å². The second kappa shape index (κ2) is 14.5. The number of benzene rings is 3. The summed E-state index contributed by atoms with van der Waals surface area (Å²) in [5.41, 5.74) is 8.17. The van der Waals surface area contributed by atoms with Gasteiger partial charge in [-0.15, -0.1) is 0 Å². The van der Waals surface area contributed by atoms with E-state index in [1.54, 1.807) is 4.68 Å². The van der Waals surface area contributed by atoms with Gasteiger partial charge in [0.1, 0.15) is 5.82 Å². The summed E-state index contributed by atoms with van der Waals surface area (Å²) in [5, 5.41) is 10.9. The van der Waals surface area contributed by atoms with Crippen molar-refractivity contribution in [1.82, 2.24) is 24.6 Å². The number of anilines is 4. The minimum atomic E-state index is -0.320. The van der Waals surface area contributed by atoms with Gasteiger partial charge in [0, 0.05) is 58.9 Å². The van der Waals surface area contributed by atoms with Crippen molar-refractivity contribution in [3.63, 3.8) is 0 Å². The van der Waals surface area contributed by atoms with Crippen molar-refractivity contribution in [1.29, 1.82) is 0 Å². The van der Waals surface area contributed by atoms with Gasteiger partial charge < -0.3 is 15.1 Å². The molecule has 2 saturated heterocycles. The van der Waals surface area contributed by atoms with Crippen LogP contribution in [0.4, 0.5) is 27.9 Å². The number of piperidine rings is 1. The van der Waals surface area contributed by atoms with E-state index in [-0.39, 0.29) is 29.4 Å². The molecule has 0 aliphatic carbocycles. The topological polar surface area (TPSA) is 108 Å². The lowest BCUT2D eigenvalue weighted by Crippen LogP contribution is -2.46. The summed E-state index contributed by atoms with van der Waals surface area (Å²) in [7, 11) is 1.95. The number of hydrogen-bond acceptors (Lipinski definition) is 6. The summed E-state index contributed by atoms with van der Waals surface area (Å²) < 4.78 is 1.79. The first-order valence-corrected chi connectivity index (χ1v) is 18.6. The number of hydrogen-bond donors (Lipinski definition) is 2. The number of carbonyl (C=O) groups excluding carboxylic acids is 2. The van der Waals surface area contributed by atoms with Gasteiger partial charge in [0.2, 0.25) is 5.95 Å². The summed E-state index contributed by atoms with van der Waals surface area (Å²) in [6.45, 7) is 12.3. The third-order valence-corrected chi connectivity index (χ3v) is 10.5. The molecule has 10 heteroatoms. The van der Waals surface area contributed by atoms with Gasteiger partial charge >= 0.3 is 6.03 Å². The Morgan fingerprint density at radius 1 is 0.830 bits per heavy atom. The summed E-state index contributed by atoms with van der Waals surface area (Å²) >= 11 is 0. The van der Waals surface area contributed by atoms with Crippen molar-refractivity contribution < 1.29 is 9.59 Å². The van der Waals surface area contributed by atoms with Crippen LogP contribution in [0.5, 0.6) is 0 Å². The zero-order valence-corrected chi connectivity index (χ0v) is 31.9. The van der Waals surface area contributed by atoms with E-state index in [4.69, 9.17) is 5.10 Å². The fourth-order valence-corrected chi connectivity index (χ4v) is 7.84. The zero-order valence-electron chi connectivity index (χ0n) is 31.9. The molecule has 3 amide bonds. The molecular formula is C43H50N8O2. The van der Waals surface area contributed by atoms with Gasteiger partial charge in [-0.2, -0.15) is 5.10 Å². The van der Waals surface area contributed by atoms with Gasteiger partial charge in [-0.25, -0.2) is 19.4 Å². The Hall–Kier alpha value is -5.51. The lowest BCUT2D eigenvalue weighted by Gasteiger charge is -2.39. The first kappa shape index (κ1) is 35.9. The van der Waals surface area contributed by atoms with Crippen LogP contribution >= 0.6 is 0 Å². The largest absolute Gasteiger partial charge is 0.333 e. The van der Waals surface area contributed by atoms with Crippen molar-refractivity contribution in [3.8, 4) is 5.69 Å². The number of amides is 3. The highest BCUT2D eigenvalue weighted by atomic mass is 16.2. The van der Waals surface area contributed by atoms with Gasteiger partial charge in [0.25, 0.3) is 5.91 Å². The monoisotopic (exact) mass is 710 g/mol. The maximum absolute atomic E-state index is 13.8. The molecule has 5 aromatic rings. The van der Waals surface area contributed by atoms with Crippen LogP contribution in [-0.2, 0) is 11.8 Å². The SMILES string of the molecule is Cc1ccc(-n2nc(C(C)(C)C)cc2NC(=O)Nc2cccc(CC3CC4CCC(C3)N4C(=O)c3ccc(N(C)c4nc(C)cc(C)n4)cc3)c2)cc1. The molecule has 0 saturated carbocycles. The standard InChI is InChI=1S/C43H50N8O2/c1-27-11-15-35(16-12-27)51-39(26-38(48-51)43(4,5)6)47-42(53)46-33-10-8-9-30(23-33)22-31-24-36-19-20-37(25-31)50(36)40(52)32-13-17-34(18-14-32)49(7)41-44-28(2)21-29(3)45-41/h8-18,21,23,26,31,36-37H,19-20,22,24-25H2,1-7H3,(H2,46,47,53). The first-order valence-electron chi connectivity index (χ1n) is 18.6. The quantitative estimate of drug-likeness (QED) is 0.167. The molecule has 2 aliphatic rings. The third-order valence-electron chi connectivity index (χ3n) is 10.5. The first-order chi connectivity index (χ1) is 25.3. The maximum atomic E-state index is 13.8. The maximum Gasteiger partial charge on any atom is 0.324 e. The molecule has 2 aromatic heterocycles.